The molecule has 0 radical (unpaired) electrons. The number of alkyl halides is 1. The summed E-state index contributed by atoms with van der Waals surface area (Å²) in [7, 11) is 0. The lowest BCUT2D eigenvalue weighted by atomic mass is 9.84. The molecule has 0 amide bonds. The molecule has 1 nitrogen and oxygen atoms in total. The molecular weight excluding hydrogens is 141 g/mol. The predicted octanol–water partition coefficient (Wildman–Crippen LogP) is 2.08. The van der Waals surface area contributed by atoms with Gasteiger partial charge in [0.05, 0.1) is 0 Å². The highest BCUT2D eigenvalue weighted by Gasteiger charge is 2.25. The summed E-state index contributed by atoms with van der Waals surface area (Å²) in [6.07, 6.45) is 2.52. The van der Waals surface area contributed by atoms with Gasteiger partial charge in [0.25, 0.3) is 0 Å². The summed E-state index contributed by atoms with van der Waals surface area (Å²) in [5.74, 6) is 0. The van der Waals surface area contributed by atoms with Crippen molar-refractivity contribution in [3.8, 4) is 0 Å². The van der Waals surface area contributed by atoms with Crippen LogP contribution in [0.3, 0.4) is 0 Å². The van der Waals surface area contributed by atoms with E-state index in [1.807, 2.05) is 0 Å². The smallest absolute Gasteiger partial charge is 0.102 e. The van der Waals surface area contributed by atoms with Crippen molar-refractivity contribution in [1.29, 1.82) is 0 Å². The van der Waals surface area contributed by atoms with Gasteiger partial charge in [-0.15, -0.1) is 0 Å². The summed E-state index contributed by atoms with van der Waals surface area (Å²) < 4.78 is 12.0. The van der Waals surface area contributed by atoms with Crippen molar-refractivity contribution in [1.82, 2.24) is 4.90 Å². The summed E-state index contributed by atoms with van der Waals surface area (Å²) in [5.41, 5.74) is 0.410. The number of hydrogen-bond acceptors (Lipinski definition) is 1. The third kappa shape index (κ3) is 2.78. The van der Waals surface area contributed by atoms with Crippen molar-refractivity contribution in [2.45, 2.75) is 26.7 Å². The minimum absolute atomic E-state index is 0.198. The van der Waals surface area contributed by atoms with Crippen molar-refractivity contribution in [3.05, 3.63) is 0 Å². The normalized spacial score (nSPS) is 25.4. The summed E-state index contributed by atoms with van der Waals surface area (Å²) in [5, 5.41) is 0. The lowest BCUT2D eigenvalue weighted by Crippen LogP contribution is -2.40. The van der Waals surface area contributed by atoms with Crippen LogP contribution < -0.4 is 0 Å². The molecule has 0 N–H and O–H groups in total. The molecule has 11 heavy (non-hydrogen) atoms. The Morgan fingerprint density at radius 2 is 2.18 bits per heavy atom. The first-order valence-corrected chi connectivity index (χ1v) is 4.42. The van der Waals surface area contributed by atoms with E-state index in [0.29, 0.717) is 12.0 Å². The van der Waals surface area contributed by atoms with Crippen molar-refractivity contribution in [3.63, 3.8) is 0 Å². The van der Waals surface area contributed by atoms with Crippen LogP contribution in [0.1, 0.15) is 26.7 Å². The van der Waals surface area contributed by atoms with Gasteiger partial charge < -0.3 is 4.90 Å². The van der Waals surface area contributed by atoms with Crippen LogP contribution in [0.15, 0.2) is 0 Å². The van der Waals surface area contributed by atoms with Crippen LogP contribution in [0.5, 0.6) is 0 Å². The number of piperidine rings is 1. The zero-order valence-electron chi connectivity index (χ0n) is 7.57. The number of rotatable bonds is 2. The fourth-order valence-corrected chi connectivity index (χ4v) is 1.86. The van der Waals surface area contributed by atoms with E-state index in [1.165, 1.54) is 12.8 Å². The van der Waals surface area contributed by atoms with E-state index in [-0.39, 0.29) is 6.67 Å². The first kappa shape index (κ1) is 8.98. The summed E-state index contributed by atoms with van der Waals surface area (Å²) in [4.78, 5) is 2.23. The number of hydrogen-bond donors (Lipinski definition) is 0. The Morgan fingerprint density at radius 1 is 1.45 bits per heavy atom. The minimum atomic E-state index is -0.198. The highest BCUT2D eigenvalue weighted by atomic mass is 19.1. The van der Waals surface area contributed by atoms with Gasteiger partial charge in [0.1, 0.15) is 6.67 Å². The van der Waals surface area contributed by atoms with Gasteiger partial charge in [-0.25, -0.2) is 4.39 Å². The van der Waals surface area contributed by atoms with Gasteiger partial charge in [0.2, 0.25) is 0 Å². The second-order valence-electron chi connectivity index (χ2n) is 4.23. The molecule has 1 saturated heterocycles. The van der Waals surface area contributed by atoms with Gasteiger partial charge in [-0.1, -0.05) is 13.8 Å². The van der Waals surface area contributed by atoms with Crippen LogP contribution in [-0.2, 0) is 0 Å². The second-order valence-corrected chi connectivity index (χ2v) is 4.23. The van der Waals surface area contributed by atoms with Crippen LogP contribution in [0.25, 0.3) is 0 Å². The van der Waals surface area contributed by atoms with Gasteiger partial charge in [-0.2, -0.15) is 0 Å². The molecular formula is C9H18FN. The maximum absolute atomic E-state index is 12.0. The standard InChI is InChI=1S/C9H18FN/c1-9(2)4-3-6-11(8-9)7-5-10/h3-8H2,1-2H3. The van der Waals surface area contributed by atoms with Gasteiger partial charge in [0.15, 0.2) is 0 Å². The fraction of sp³-hybridized carbons (Fsp3) is 1.00. The van der Waals surface area contributed by atoms with E-state index < -0.39 is 0 Å². The van der Waals surface area contributed by atoms with Gasteiger partial charge in [0, 0.05) is 13.1 Å². The van der Waals surface area contributed by atoms with Crippen molar-refractivity contribution >= 4 is 0 Å². The summed E-state index contributed by atoms with van der Waals surface area (Å²) in [6.45, 7) is 7.11. The maximum atomic E-state index is 12.0. The van der Waals surface area contributed by atoms with Gasteiger partial charge >= 0.3 is 0 Å². The van der Waals surface area contributed by atoms with Gasteiger partial charge in [-0.05, 0) is 24.8 Å². The number of halogens is 1. The SMILES string of the molecule is CC1(C)CCCN(CCF)C1. The van der Waals surface area contributed by atoms with Gasteiger partial charge in [-0.3, -0.25) is 0 Å². The third-order valence-electron chi connectivity index (χ3n) is 2.38. The number of nitrogens with zero attached hydrogens (tertiary/aromatic N) is 1. The first-order valence-electron chi connectivity index (χ1n) is 4.42. The molecule has 0 aromatic carbocycles. The van der Waals surface area contributed by atoms with E-state index in [1.54, 1.807) is 0 Å². The highest BCUT2D eigenvalue weighted by molar-refractivity contribution is 4.79. The summed E-state index contributed by atoms with van der Waals surface area (Å²) >= 11 is 0. The maximum Gasteiger partial charge on any atom is 0.102 e. The molecule has 1 rings (SSSR count). The summed E-state index contributed by atoms with van der Waals surface area (Å²) in [6, 6.07) is 0. The van der Waals surface area contributed by atoms with E-state index in [4.69, 9.17) is 0 Å². The van der Waals surface area contributed by atoms with Crippen molar-refractivity contribution in [2.24, 2.45) is 5.41 Å². The van der Waals surface area contributed by atoms with Crippen LogP contribution >= 0.6 is 0 Å². The molecule has 0 unspecified atom stereocenters. The van der Waals surface area contributed by atoms with E-state index in [9.17, 15) is 4.39 Å². The molecule has 66 valence electrons. The Bertz CT molecular complexity index is 121. The number of likely N-dealkylation sites (tertiary alicyclic amines) is 1. The zero-order valence-corrected chi connectivity index (χ0v) is 7.57. The Kier molecular flexibility index (Phi) is 2.88. The molecule has 0 aliphatic carbocycles. The topological polar surface area (TPSA) is 3.24 Å². The van der Waals surface area contributed by atoms with Crippen LogP contribution in [0.4, 0.5) is 4.39 Å². The van der Waals surface area contributed by atoms with Crippen LogP contribution in [0.2, 0.25) is 0 Å². The van der Waals surface area contributed by atoms with Crippen LogP contribution in [-0.4, -0.2) is 31.2 Å². The molecule has 0 atom stereocenters. The highest BCUT2D eigenvalue weighted by Crippen LogP contribution is 2.27. The van der Waals surface area contributed by atoms with E-state index in [2.05, 4.69) is 18.7 Å². The van der Waals surface area contributed by atoms with E-state index >= 15 is 0 Å². The average molecular weight is 159 g/mol. The quantitative estimate of drug-likeness (QED) is 0.596. The Labute approximate surface area is 68.6 Å². The molecule has 2 heteroatoms. The molecule has 0 bridgehead atoms. The first-order chi connectivity index (χ1) is 5.14. The molecule has 0 saturated carbocycles. The molecule has 1 aliphatic heterocycles. The van der Waals surface area contributed by atoms with E-state index in [0.717, 1.165) is 13.1 Å². The zero-order chi connectivity index (χ0) is 8.32. The van der Waals surface area contributed by atoms with Crippen LogP contribution in [0, 0.1) is 5.41 Å². The fourth-order valence-electron chi connectivity index (χ4n) is 1.86. The Morgan fingerprint density at radius 3 is 2.73 bits per heavy atom. The molecule has 0 aromatic heterocycles. The molecule has 0 aromatic rings. The second kappa shape index (κ2) is 3.53. The third-order valence-corrected chi connectivity index (χ3v) is 2.38. The molecule has 1 aliphatic rings. The predicted molar refractivity (Wildman–Crippen MR) is 45.4 cm³/mol. The molecule has 0 spiro atoms. The molecule has 1 heterocycles. The Balaban J connectivity index is 2.34. The van der Waals surface area contributed by atoms with Crippen molar-refractivity contribution in [2.75, 3.05) is 26.3 Å². The molecule has 1 fully saturated rings. The minimum Gasteiger partial charge on any atom is -0.300 e. The average Bonchev–Trinajstić information content (AvgIpc) is 1.85. The Hall–Kier alpha value is -0.110. The lowest BCUT2D eigenvalue weighted by molar-refractivity contribution is 0.111. The largest absolute Gasteiger partial charge is 0.300 e. The monoisotopic (exact) mass is 159 g/mol. The lowest BCUT2D eigenvalue weighted by Gasteiger charge is -2.37. The van der Waals surface area contributed by atoms with Crippen molar-refractivity contribution < 1.29 is 4.39 Å².